The van der Waals surface area contributed by atoms with E-state index in [0.717, 1.165) is 6.07 Å². The lowest BCUT2D eigenvalue weighted by molar-refractivity contribution is -0.143. The number of carbonyl (C=O) groups is 2. The number of carboxylic acids is 1. The van der Waals surface area contributed by atoms with Crippen LogP contribution in [0.4, 0.5) is 20.3 Å². The van der Waals surface area contributed by atoms with Crippen LogP contribution in [0, 0.1) is 17.6 Å². The lowest BCUT2D eigenvalue weighted by atomic mass is 10.0. The summed E-state index contributed by atoms with van der Waals surface area (Å²) in [5, 5.41) is 12.3. The number of hydrogen-bond donors (Lipinski definition) is 3. The van der Waals surface area contributed by atoms with Crippen molar-refractivity contribution in [1.29, 1.82) is 0 Å². The Balaban J connectivity index is 1.50. The van der Waals surface area contributed by atoms with Crippen molar-refractivity contribution in [2.75, 3.05) is 24.6 Å². The van der Waals surface area contributed by atoms with Crippen molar-refractivity contribution in [1.82, 2.24) is 14.5 Å². The zero-order valence-electron chi connectivity index (χ0n) is 22.1. The van der Waals surface area contributed by atoms with Crippen LogP contribution in [0.2, 0.25) is 5.02 Å². The SMILES string of the molecule is CN1CCC(C(=O)O)[C@@H]1n1cc(C(=O)Nc2ccc(Oc3ccnc(N)c3Cl)c(F)c2)c(=O)c(-c2ccc(F)cc2)c1. The van der Waals surface area contributed by atoms with E-state index in [1.54, 1.807) is 11.9 Å². The molecular formula is C29H24ClF2N5O5. The van der Waals surface area contributed by atoms with Gasteiger partial charge in [0.15, 0.2) is 17.3 Å². The van der Waals surface area contributed by atoms with Crippen LogP contribution < -0.4 is 21.2 Å². The van der Waals surface area contributed by atoms with Gasteiger partial charge in [-0.15, -0.1) is 0 Å². The van der Waals surface area contributed by atoms with Crippen molar-refractivity contribution in [3.05, 3.63) is 99.6 Å². The smallest absolute Gasteiger partial charge is 0.310 e. The predicted octanol–water partition coefficient (Wildman–Crippen LogP) is 5.00. The van der Waals surface area contributed by atoms with Crippen LogP contribution in [-0.4, -0.2) is 45.0 Å². The molecule has 2 aromatic carbocycles. The summed E-state index contributed by atoms with van der Waals surface area (Å²) in [6.07, 6.45) is 3.74. The molecule has 1 amide bonds. The summed E-state index contributed by atoms with van der Waals surface area (Å²) in [7, 11) is 1.74. The minimum Gasteiger partial charge on any atom is -0.481 e. The fourth-order valence-electron chi connectivity index (χ4n) is 4.86. The minimum atomic E-state index is -1.02. The van der Waals surface area contributed by atoms with Gasteiger partial charge in [-0.1, -0.05) is 23.7 Å². The van der Waals surface area contributed by atoms with Gasteiger partial charge < -0.3 is 25.5 Å². The van der Waals surface area contributed by atoms with Gasteiger partial charge in [-0.25, -0.2) is 13.8 Å². The van der Waals surface area contributed by atoms with Crippen LogP contribution in [-0.2, 0) is 4.79 Å². The second-order valence-corrected chi connectivity index (χ2v) is 10.1. The number of aromatic nitrogens is 2. The molecule has 0 radical (unpaired) electrons. The molecule has 0 bridgehead atoms. The molecule has 2 aromatic heterocycles. The van der Waals surface area contributed by atoms with Gasteiger partial charge in [0.1, 0.15) is 22.2 Å². The van der Waals surface area contributed by atoms with Crippen LogP contribution in [0.5, 0.6) is 11.5 Å². The quantitative estimate of drug-likeness (QED) is 0.271. The molecule has 3 heterocycles. The number of nitrogens with one attached hydrogen (secondary N) is 1. The predicted molar refractivity (Wildman–Crippen MR) is 152 cm³/mol. The first kappa shape index (κ1) is 28.7. The van der Waals surface area contributed by atoms with Gasteiger partial charge in [-0.2, -0.15) is 0 Å². The number of anilines is 2. The number of carboxylic acid groups (broad SMARTS) is 1. The summed E-state index contributed by atoms with van der Waals surface area (Å²) < 4.78 is 35.5. The molecule has 1 aliphatic rings. The Kier molecular flexibility index (Phi) is 7.92. The summed E-state index contributed by atoms with van der Waals surface area (Å²) in [4.78, 5) is 44.5. The topological polar surface area (TPSA) is 140 Å². The molecule has 0 spiro atoms. The molecule has 1 fully saturated rings. The van der Waals surface area contributed by atoms with E-state index in [-0.39, 0.29) is 39.2 Å². The van der Waals surface area contributed by atoms with Crippen molar-refractivity contribution in [3.8, 4) is 22.6 Å². The normalized spacial score (nSPS) is 16.8. The van der Waals surface area contributed by atoms with E-state index >= 15 is 0 Å². The molecule has 42 heavy (non-hydrogen) atoms. The van der Waals surface area contributed by atoms with Crippen molar-refractivity contribution >= 4 is 35.0 Å². The number of likely N-dealkylation sites (tertiary alicyclic amines) is 1. The molecule has 1 saturated heterocycles. The second kappa shape index (κ2) is 11.6. The first-order valence-electron chi connectivity index (χ1n) is 12.7. The molecule has 2 atom stereocenters. The van der Waals surface area contributed by atoms with E-state index in [0.29, 0.717) is 18.5 Å². The number of benzene rings is 2. The van der Waals surface area contributed by atoms with Gasteiger partial charge in [-0.3, -0.25) is 19.3 Å². The third-order valence-electron chi connectivity index (χ3n) is 6.96. The van der Waals surface area contributed by atoms with E-state index in [1.807, 2.05) is 0 Å². The summed E-state index contributed by atoms with van der Waals surface area (Å²) in [6.45, 7) is 0.478. The zero-order chi connectivity index (χ0) is 30.1. The molecule has 4 aromatic rings. The van der Waals surface area contributed by atoms with Gasteiger partial charge in [0.2, 0.25) is 5.43 Å². The number of hydrogen-bond acceptors (Lipinski definition) is 7. The minimum absolute atomic E-state index is 0.00430. The number of ether oxygens (including phenoxy) is 1. The number of nitrogens with two attached hydrogens (primary N) is 1. The van der Waals surface area contributed by atoms with Crippen molar-refractivity contribution in [2.24, 2.45) is 5.92 Å². The van der Waals surface area contributed by atoms with Crippen LogP contribution in [0.1, 0.15) is 22.9 Å². The highest BCUT2D eigenvalue weighted by Gasteiger charge is 2.38. The number of nitrogen functional groups attached to an aromatic ring is 1. The average molecular weight is 596 g/mol. The maximum atomic E-state index is 14.9. The van der Waals surface area contributed by atoms with Crippen LogP contribution in [0.25, 0.3) is 11.1 Å². The molecule has 0 aliphatic carbocycles. The molecular weight excluding hydrogens is 572 g/mol. The van der Waals surface area contributed by atoms with Gasteiger partial charge in [0.05, 0.1) is 12.1 Å². The summed E-state index contributed by atoms with van der Waals surface area (Å²) >= 11 is 6.06. The Morgan fingerprint density at radius 3 is 2.55 bits per heavy atom. The third-order valence-corrected chi connectivity index (χ3v) is 7.34. The largest absolute Gasteiger partial charge is 0.481 e. The highest BCUT2D eigenvalue weighted by Crippen LogP contribution is 2.35. The van der Waals surface area contributed by atoms with E-state index in [4.69, 9.17) is 22.1 Å². The number of amides is 1. The lowest BCUT2D eigenvalue weighted by Gasteiger charge is -2.27. The van der Waals surface area contributed by atoms with Gasteiger partial charge in [-0.05, 0) is 43.3 Å². The van der Waals surface area contributed by atoms with Gasteiger partial charge >= 0.3 is 5.97 Å². The molecule has 1 aliphatic heterocycles. The standard InChI is InChI=1S/C29H24ClF2N5O5/c1-36-11-9-18(29(40)41)28(36)37-13-19(15-2-4-16(31)5-3-15)25(38)20(14-37)27(39)35-17-6-7-22(21(32)12-17)42-23-8-10-34-26(33)24(23)30/h2-8,10,12-14,18,28H,9,11H2,1H3,(H2,33,34)(H,35,39)(H,40,41)/t18?,28-/m0/s1. The van der Waals surface area contributed by atoms with E-state index in [1.165, 1.54) is 65.6 Å². The Bertz CT molecular complexity index is 1750. The second-order valence-electron chi connectivity index (χ2n) is 9.71. The Morgan fingerprint density at radius 2 is 1.86 bits per heavy atom. The summed E-state index contributed by atoms with van der Waals surface area (Å²) in [5.74, 6) is -4.16. The molecule has 10 nitrogen and oxygen atoms in total. The van der Waals surface area contributed by atoms with Crippen LogP contribution in [0.3, 0.4) is 0 Å². The van der Waals surface area contributed by atoms with Crippen LogP contribution in [0.15, 0.2) is 71.9 Å². The van der Waals surface area contributed by atoms with E-state index in [2.05, 4.69) is 10.3 Å². The fraction of sp³-hybridized carbons (Fsp3) is 0.172. The Morgan fingerprint density at radius 1 is 1.12 bits per heavy atom. The number of pyridine rings is 2. The number of rotatable bonds is 7. The third kappa shape index (κ3) is 5.67. The highest BCUT2D eigenvalue weighted by atomic mass is 35.5. The van der Waals surface area contributed by atoms with Crippen molar-refractivity contribution in [2.45, 2.75) is 12.6 Å². The number of nitrogens with zero attached hydrogens (tertiary/aromatic N) is 3. The Labute approximate surface area is 242 Å². The summed E-state index contributed by atoms with van der Waals surface area (Å²) in [5.41, 5.74) is 5.08. The van der Waals surface area contributed by atoms with Gasteiger partial charge in [0.25, 0.3) is 5.91 Å². The molecule has 1 unspecified atom stereocenters. The number of aliphatic carboxylic acids is 1. The zero-order valence-corrected chi connectivity index (χ0v) is 22.8. The molecule has 216 valence electrons. The molecule has 5 rings (SSSR count). The number of carbonyl (C=O) groups excluding carboxylic acids is 1. The average Bonchev–Trinajstić information content (AvgIpc) is 3.35. The molecule has 13 heteroatoms. The maximum absolute atomic E-state index is 14.9. The Hall–Kier alpha value is -4.81. The van der Waals surface area contributed by atoms with Gasteiger partial charge in [0, 0.05) is 48.5 Å². The lowest BCUT2D eigenvalue weighted by Crippen LogP contribution is -2.33. The fourth-order valence-corrected chi connectivity index (χ4v) is 5.01. The van der Waals surface area contributed by atoms with Crippen molar-refractivity contribution in [3.63, 3.8) is 0 Å². The van der Waals surface area contributed by atoms with E-state index in [9.17, 15) is 28.3 Å². The molecule has 0 saturated carbocycles. The summed E-state index contributed by atoms with van der Waals surface area (Å²) in [6, 6.07) is 10.2. The molecule has 4 N–H and O–H groups in total. The van der Waals surface area contributed by atoms with Crippen molar-refractivity contribution < 1.29 is 28.2 Å². The number of halogens is 3. The highest BCUT2D eigenvalue weighted by molar-refractivity contribution is 6.34. The maximum Gasteiger partial charge on any atom is 0.310 e. The first-order valence-corrected chi connectivity index (χ1v) is 13.0. The monoisotopic (exact) mass is 595 g/mol. The van der Waals surface area contributed by atoms with Crippen LogP contribution >= 0.6 is 11.6 Å². The first-order chi connectivity index (χ1) is 20.0. The van der Waals surface area contributed by atoms with E-state index < -0.39 is 41.0 Å².